The lowest BCUT2D eigenvalue weighted by molar-refractivity contribution is 0.622. The molecule has 0 saturated heterocycles. The van der Waals surface area contributed by atoms with E-state index in [9.17, 15) is 4.39 Å². The molecule has 0 radical (unpaired) electrons. The van der Waals surface area contributed by atoms with Gasteiger partial charge in [0.25, 0.3) is 0 Å². The summed E-state index contributed by atoms with van der Waals surface area (Å²) in [6.07, 6.45) is 0. The van der Waals surface area contributed by atoms with Gasteiger partial charge in [-0.25, -0.2) is 4.39 Å². The van der Waals surface area contributed by atoms with Crippen LogP contribution in [0.5, 0.6) is 0 Å². The Bertz CT molecular complexity index is 623. The molecule has 2 rings (SSSR count). The van der Waals surface area contributed by atoms with Gasteiger partial charge in [-0.05, 0) is 47.3 Å². The highest BCUT2D eigenvalue weighted by molar-refractivity contribution is 9.10. The number of hydrogen-bond donors (Lipinski definition) is 1. The van der Waals surface area contributed by atoms with Crippen molar-refractivity contribution in [2.24, 2.45) is 0 Å². The number of pyridine rings is 1. The van der Waals surface area contributed by atoms with Crippen molar-refractivity contribution in [3.63, 3.8) is 0 Å². The minimum absolute atomic E-state index is 0.279. The van der Waals surface area contributed by atoms with Gasteiger partial charge in [0.05, 0.1) is 9.99 Å². The van der Waals surface area contributed by atoms with E-state index in [0.29, 0.717) is 15.9 Å². The first-order valence-corrected chi connectivity index (χ1v) is 7.28. The van der Waals surface area contributed by atoms with Crippen LogP contribution < -0.4 is 5.32 Å². The molecule has 0 amide bonds. The Morgan fingerprint density at radius 1 is 1.37 bits per heavy atom. The summed E-state index contributed by atoms with van der Waals surface area (Å²) in [5, 5.41) is 4.37. The van der Waals surface area contributed by atoms with Gasteiger partial charge in [0.1, 0.15) is 5.82 Å². The molecule has 4 heteroatoms. The van der Waals surface area contributed by atoms with Crippen molar-refractivity contribution in [3.8, 4) is 0 Å². The van der Waals surface area contributed by atoms with E-state index >= 15 is 0 Å². The molecule has 0 aliphatic heterocycles. The fourth-order valence-electron chi connectivity index (χ4n) is 2.47. The molecular weight excluding hydrogens is 307 g/mol. The van der Waals surface area contributed by atoms with Crippen LogP contribution in [-0.4, -0.2) is 11.5 Å². The predicted octanol–water partition coefficient (Wildman–Crippen LogP) is 5.00. The van der Waals surface area contributed by atoms with Crippen molar-refractivity contribution >= 4 is 32.5 Å². The van der Waals surface area contributed by atoms with Gasteiger partial charge in [0, 0.05) is 29.4 Å². The quantitative estimate of drug-likeness (QED) is 0.859. The summed E-state index contributed by atoms with van der Waals surface area (Å²) >= 11 is 3.25. The predicted molar refractivity (Wildman–Crippen MR) is 82.4 cm³/mol. The molecule has 2 nitrogen and oxygen atoms in total. The fourth-order valence-corrected chi connectivity index (χ4v) is 2.81. The summed E-state index contributed by atoms with van der Waals surface area (Å²) in [4.78, 5) is 4.54. The summed E-state index contributed by atoms with van der Waals surface area (Å²) in [7, 11) is 0. The standard InChI is InChI=1S/C15H18BrFN2/c1-5-18-15-10-6-11(16)12(17)7-13(10)19-9(4)14(15)8(2)3/h6-8H,5H2,1-4H3,(H,18,19). The third-order valence-electron chi connectivity index (χ3n) is 3.19. The van der Waals surface area contributed by atoms with Crippen LogP contribution >= 0.6 is 15.9 Å². The summed E-state index contributed by atoms with van der Waals surface area (Å²) in [5.74, 6) is 0.0916. The first-order chi connectivity index (χ1) is 8.95. The van der Waals surface area contributed by atoms with Gasteiger partial charge in [-0.2, -0.15) is 0 Å². The number of halogens is 2. The molecule has 102 valence electrons. The van der Waals surface area contributed by atoms with E-state index in [-0.39, 0.29) is 5.82 Å². The lowest BCUT2D eigenvalue weighted by atomic mass is 9.96. The van der Waals surface area contributed by atoms with Crippen molar-refractivity contribution < 1.29 is 4.39 Å². The molecule has 1 heterocycles. The topological polar surface area (TPSA) is 24.9 Å². The van der Waals surface area contributed by atoms with Crippen molar-refractivity contribution in [2.75, 3.05) is 11.9 Å². The number of fused-ring (bicyclic) bond motifs is 1. The van der Waals surface area contributed by atoms with Crippen LogP contribution in [0.15, 0.2) is 16.6 Å². The fraction of sp³-hybridized carbons (Fsp3) is 0.400. The second-order valence-electron chi connectivity index (χ2n) is 4.95. The molecule has 1 N–H and O–H groups in total. The zero-order valence-corrected chi connectivity index (χ0v) is 13.2. The van der Waals surface area contributed by atoms with Crippen molar-refractivity contribution in [1.29, 1.82) is 0 Å². The number of hydrogen-bond acceptors (Lipinski definition) is 2. The summed E-state index contributed by atoms with van der Waals surface area (Å²) in [5.41, 5.74) is 3.92. The molecule has 2 aromatic rings. The molecule has 1 aromatic heterocycles. The van der Waals surface area contributed by atoms with Crippen molar-refractivity contribution in [3.05, 3.63) is 33.7 Å². The van der Waals surface area contributed by atoms with E-state index in [1.54, 1.807) is 6.07 Å². The Balaban J connectivity index is 2.85. The maximum absolute atomic E-state index is 13.6. The number of aromatic nitrogens is 1. The molecule has 0 fully saturated rings. The number of anilines is 1. The molecule has 0 bridgehead atoms. The Hall–Kier alpha value is -1.16. The summed E-state index contributed by atoms with van der Waals surface area (Å²) < 4.78 is 14.1. The van der Waals surface area contributed by atoms with Crippen LogP contribution in [0.1, 0.15) is 37.9 Å². The van der Waals surface area contributed by atoms with E-state index in [4.69, 9.17) is 0 Å². The molecule has 0 aliphatic rings. The largest absolute Gasteiger partial charge is 0.384 e. The minimum atomic E-state index is -0.279. The third-order valence-corrected chi connectivity index (χ3v) is 3.79. The lowest BCUT2D eigenvalue weighted by Gasteiger charge is -2.19. The van der Waals surface area contributed by atoms with E-state index in [1.807, 2.05) is 6.92 Å². The summed E-state index contributed by atoms with van der Waals surface area (Å²) in [6, 6.07) is 3.29. The smallest absolute Gasteiger partial charge is 0.139 e. The monoisotopic (exact) mass is 324 g/mol. The van der Waals surface area contributed by atoms with E-state index < -0.39 is 0 Å². The second-order valence-corrected chi connectivity index (χ2v) is 5.81. The zero-order chi connectivity index (χ0) is 14.2. The first-order valence-electron chi connectivity index (χ1n) is 6.48. The van der Waals surface area contributed by atoms with Gasteiger partial charge in [0.2, 0.25) is 0 Å². The third kappa shape index (κ3) is 2.59. The van der Waals surface area contributed by atoms with Gasteiger partial charge in [-0.1, -0.05) is 13.8 Å². The minimum Gasteiger partial charge on any atom is -0.384 e. The highest BCUT2D eigenvalue weighted by Crippen LogP contribution is 2.35. The van der Waals surface area contributed by atoms with Crippen LogP contribution in [0, 0.1) is 12.7 Å². The Labute approximate surface area is 121 Å². The maximum Gasteiger partial charge on any atom is 0.139 e. The normalized spacial score (nSPS) is 11.3. The first kappa shape index (κ1) is 14.3. The van der Waals surface area contributed by atoms with Gasteiger partial charge in [0.15, 0.2) is 0 Å². The van der Waals surface area contributed by atoms with E-state index in [0.717, 1.165) is 23.3 Å². The summed E-state index contributed by atoms with van der Waals surface area (Å²) in [6.45, 7) is 9.16. The SMILES string of the molecule is CCNc1c(C(C)C)c(C)nc2cc(F)c(Br)cc12. The van der Waals surface area contributed by atoms with Crippen LogP contribution in [0.2, 0.25) is 0 Å². The molecule has 0 aliphatic carbocycles. The average molecular weight is 325 g/mol. The number of rotatable bonds is 3. The van der Waals surface area contributed by atoms with Crippen LogP contribution in [0.4, 0.5) is 10.1 Å². The number of benzene rings is 1. The number of nitrogens with one attached hydrogen (secondary N) is 1. The van der Waals surface area contributed by atoms with Crippen molar-refractivity contribution in [2.45, 2.75) is 33.6 Å². The molecule has 0 spiro atoms. The zero-order valence-electron chi connectivity index (χ0n) is 11.6. The van der Waals surface area contributed by atoms with Gasteiger partial charge in [-0.15, -0.1) is 0 Å². The molecular formula is C15H18BrFN2. The Morgan fingerprint density at radius 3 is 2.63 bits per heavy atom. The number of nitrogens with zero attached hydrogens (tertiary/aromatic N) is 1. The van der Waals surface area contributed by atoms with Gasteiger partial charge in [-0.3, -0.25) is 4.98 Å². The Morgan fingerprint density at radius 2 is 2.05 bits per heavy atom. The number of aryl methyl sites for hydroxylation is 1. The van der Waals surface area contributed by atoms with E-state index in [1.165, 1.54) is 11.6 Å². The molecule has 19 heavy (non-hydrogen) atoms. The molecule has 0 atom stereocenters. The molecule has 0 saturated carbocycles. The molecule has 1 aromatic carbocycles. The van der Waals surface area contributed by atoms with Gasteiger partial charge >= 0.3 is 0 Å². The van der Waals surface area contributed by atoms with Crippen LogP contribution in [-0.2, 0) is 0 Å². The van der Waals surface area contributed by atoms with Crippen molar-refractivity contribution in [1.82, 2.24) is 4.98 Å². The van der Waals surface area contributed by atoms with E-state index in [2.05, 4.69) is 47.0 Å². The maximum atomic E-state index is 13.6. The Kier molecular flexibility index (Phi) is 4.09. The highest BCUT2D eigenvalue weighted by Gasteiger charge is 2.16. The van der Waals surface area contributed by atoms with Crippen LogP contribution in [0.3, 0.4) is 0 Å². The van der Waals surface area contributed by atoms with Crippen LogP contribution in [0.25, 0.3) is 10.9 Å². The molecule has 0 unspecified atom stereocenters. The second kappa shape index (κ2) is 5.45. The average Bonchev–Trinajstić information content (AvgIpc) is 2.31. The lowest BCUT2D eigenvalue weighted by Crippen LogP contribution is -2.07. The van der Waals surface area contributed by atoms with Gasteiger partial charge < -0.3 is 5.32 Å². The highest BCUT2D eigenvalue weighted by atomic mass is 79.9.